The van der Waals surface area contributed by atoms with Gasteiger partial charge in [-0.15, -0.1) is 0 Å². The third kappa shape index (κ3) is 4.18. The van der Waals surface area contributed by atoms with E-state index in [0.717, 1.165) is 23.4 Å². The van der Waals surface area contributed by atoms with Crippen LogP contribution in [-0.2, 0) is 9.59 Å². The van der Waals surface area contributed by atoms with Crippen LogP contribution in [0.1, 0.15) is 58.1 Å². The number of hydrogen-bond donors (Lipinski definition) is 1. The van der Waals surface area contributed by atoms with Gasteiger partial charge in [0.15, 0.2) is 0 Å². The first-order valence-electron chi connectivity index (χ1n) is 11.7. The molecule has 0 unspecified atom stereocenters. The Morgan fingerprint density at radius 1 is 1.09 bits per heavy atom. The Labute approximate surface area is 200 Å². The summed E-state index contributed by atoms with van der Waals surface area (Å²) in [5.74, 6) is -0.376. The second-order valence-electron chi connectivity index (χ2n) is 9.36. The third-order valence-electron chi connectivity index (χ3n) is 6.54. The predicted molar refractivity (Wildman–Crippen MR) is 133 cm³/mol. The van der Waals surface area contributed by atoms with E-state index in [0.29, 0.717) is 24.0 Å². The van der Waals surface area contributed by atoms with E-state index in [-0.39, 0.29) is 11.1 Å². The Bertz CT molecular complexity index is 1170. The first kappa shape index (κ1) is 23.5. The fourth-order valence-corrected chi connectivity index (χ4v) is 5.11. The number of hydrogen-bond acceptors (Lipinski definition) is 5. The van der Waals surface area contributed by atoms with Gasteiger partial charge in [0.25, 0.3) is 11.8 Å². The van der Waals surface area contributed by atoms with Crippen LogP contribution < -0.4 is 19.9 Å². The molecule has 4 rings (SSSR count). The topological polar surface area (TPSA) is 79.0 Å². The van der Waals surface area contributed by atoms with Gasteiger partial charge >= 0.3 is 6.03 Å². The van der Waals surface area contributed by atoms with Gasteiger partial charge in [-0.3, -0.25) is 14.9 Å². The SMILES string of the molecule is CCOc1ccc(N2C(=O)NC(=O)/C(=C\c3ccc4c(c3)[C@@H](C)CC(C)(C)N4CC)C2=O)cc1. The molecule has 2 heterocycles. The maximum atomic E-state index is 13.2. The summed E-state index contributed by atoms with van der Waals surface area (Å²) in [4.78, 5) is 41.7. The number of carbonyl (C=O) groups excluding carboxylic acids is 3. The molecule has 0 radical (unpaired) electrons. The molecule has 0 aliphatic carbocycles. The van der Waals surface area contributed by atoms with Gasteiger partial charge in [-0.1, -0.05) is 13.0 Å². The fourth-order valence-electron chi connectivity index (χ4n) is 5.11. The molecule has 2 aliphatic rings. The van der Waals surface area contributed by atoms with Crippen LogP contribution in [0.15, 0.2) is 48.0 Å². The van der Waals surface area contributed by atoms with E-state index in [1.165, 1.54) is 11.3 Å². The van der Waals surface area contributed by atoms with Crippen molar-refractivity contribution in [1.29, 1.82) is 0 Å². The van der Waals surface area contributed by atoms with Crippen LogP contribution in [0.3, 0.4) is 0 Å². The summed E-state index contributed by atoms with van der Waals surface area (Å²) in [7, 11) is 0. The van der Waals surface area contributed by atoms with Crippen molar-refractivity contribution in [2.75, 3.05) is 23.0 Å². The molecule has 178 valence electrons. The van der Waals surface area contributed by atoms with Crippen LogP contribution in [0.5, 0.6) is 5.75 Å². The number of anilines is 2. The summed E-state index contributed by atoms with van der Waals surface area (Å²) in [6, 6.07) is 11.9. The smallest absolute Gasteiger partial charge is 0.335 e. The van der Waals surface area contributed by atoms with Crippen LogP contribution in [0.4, 0.5) is 16.2 Å². The van der Waals surface area contributed by atoms with Crippen molar-refractivity contribution in [3.63, 3.8) is 0 Å². The molecular weight excluding hydrogens is 430 g/mol. The molecule has 1 atom stereocenters. The van der Waals surface area contributed by atoms with Gasteiger partial charge in [-0.05, 0) is 93.6 Å². The number of nitrogens with one attached hydrogen (secondary N) is 1. The van der Waals surface area contributed by atoms with E-state index >= 15 is 0 Å². The van der Waals surface area contributed by atoms with Crippen molar-refractivity contribution in [2.24, 2.45) is 0 Å². The average molecular weight is 462 g/mol. The zero-order valence-corrected chi connectivity index (χ0v) is 20.3. The largest absolute Gasteiger partial charge is 0.494 e. The lowest BCUT2D eigenvalue weighted by Gasteiger charge is -2.47. The second kappa shape index (κ2) is 8.97. The molecule has 0 spiro atoms. The number of barbiturate groups is 1. The lowest BCUT2D eigenvalue weighted by molar-refractivity contribution is -0.122. The highest BCUT2D eigenvalue weighted by atomic mass is 16.5. The van der Waals surface area contributed by atoms with Crippen LogP contribution in [0, 0.1) is 0 Å². The highest BCUT2D eigenvalue weighted by molar-refractivity contribution is 6.39. The summed E-state index contributed by atoms with van der Waals surface area (Å²) < 4.78 is 5.43. The van der Waals surface area contributed by atoms with Crippen molar-refractivity contribution in [3.8, 4) is 5.75 Å². The third-order valence-corrected chi connectivity index (χ3v) is 6.54. The summed E-state index contributed by atoms with van der Waals surface area (Å²) in [5, 5.41) is 2.29. The highest BCUT2D eigenvalue weighted by Gasteiger charge is 2.38. The van der Waals surface area contributed by atoms with Crippen molar-refractivity contribution >= 4 is 35.3 Å². The van der Waals surface area contributed by atoms with Gasteiger partial charge in [-0.2, -0.15) is 0 Å². The maximum absolute atomic E-state index is 13.2. The zero-order chi connectivity index (χ0) is 24.6. The number of benzene rings is 2. The lowest BCUT2D eigenvalue weighted by atomic mass is 9.79. The monoisotopic (exact) mass is 461 g/mol. The number of carbonyl (C=O) groups is 3. The summed E-state index contributed by atoms with van der Waals surface area (Å²) in [5.41, 5.74) is 3.46. The van der Waals surface area contributed by atoms with E-state index in [1.54, 1.807) is 30.3 Å². The summed E-state index contributed by atoms with van der Waals surface area (Å²) in [6.45, 7) is 12.1. The molecule has 2 aromatic rings. The molecule has 1 saturated heterocycles. The molecule has 7 nitrogen and oxygen atoms in total. The van der Waals surface area contributed by atoms with Crippen LogP contribution in [-0.4, -0.2) is 36.5 Å². The molecule has 1 N–H and O–H groups in total. The molecule has 0 bridgehead atoms. The average Bonchev–Trinajstić information content (AvgIpc) is 2.78. The minimum atomic E-state index is -0.767. The minimum absolute atomic E-state index is 0.0545. The van der Waals surface area contributed by atoms with E-state index in [4.69, 9.17) is 4.74 Å². The molecule has 2 aliphatic heterocycles. The molecular formula is C27H31N3O4. The standard InChI is InChI=1S/C27H31N3O4/c1-6-29-23-13-8-18(14-21(23)17(3)16-27(29,4)5)15-22-24(31)28-26(33)30(25(22)32)19-9-11-20(12-10-19)34-7-2/h8-15,17H,6-7,16H2,1-5H3,(H,28,31,33)/b22-15+/t17-/m0/s1. The number of rotatable bonds is 5. The minimum Gasteiger partial charge on any atom is -0.494 e. The van der Waals surface area contributed by atoms with Gasteiger partial charge in [-0.25, -0.2) is 9.69 Å². The number of fused-ring (bicyclic) bond motifs is 1. The van der Waals surface area contributed by atoms with E-state index < -0.39 is 17.8 Å². The first-order chi connectivity index (χ1) is 16.2. The maximum Gasteiger partial charge on any atom is 0.335 e. The van der Waals surface area contributed by atoms with Crippen LogP contribution in [0.25, 0.3) is 6.08 Å². The zero-order valence-electron chi connectivity index (χ0n) is 20.3. The number of urea groups is 1. The van der Waals surface area contributed by atoms with E-state index in [1.807, 2.05) is 19.1 Å². The Balaban J connectivity index is 1.68. The Morgan fingerprint density at radius 2 is 1.79 bits per heavy atom. The quantitative estimate of drug-likeness (QED) is 0.508. The second-order valence-corrected chi connectivity index (χ2v) is 9.36. The number of imide groups is 2. The first-order valence-corrected chi connectivity index (χ1v) is 11.7. The van der Waals surface area contributed by atoms with Gasteiger partial charge < -0.3 is 9.64 Å². The molecule has 0 saturated carbocycles. The number of ether oxygens (including phenoxy) is 1. The molecule has 4 amide bonds. The Hall–Kier alpha value is -3.61. The lowest BCUT2D eigenvalue weighted by Crippen LogP contribution is -2.54. The van der Waals surface area contributed by atoms with Gasteiger partial charge in [0.2, 0.25) is 0 Å². The van der Waals surface area contributed by atoms with Crippen molar-refractivity contribution in [3.05, 3.63) is 59.2 Å². The molecule has 34 heavy (non-hydrogen) atoms. The van der Waals surface area contributed by atoms with Gasteiger partial charge in [0.1, 0.15) is 11.3 Å². The molecule has 2 aromatic carbocycles. The fraction of sp³-hybridized carbons (Fsp3) is 0.370. The summed E-state index contributed by atoms with van der Waals surface area (Å²) >= 11 is 0. The van der Waals surface area contributed by atoms with Gasteiger partial charge in [0.05, 0.1) is 12.3 Å². The van der Waals surface area contributed by atoms with Crippen molar-refractivity contribution in [2.45, 2.75) is 52.5 Å². The van der Waals surface area contributed by atoms with Crippen LogP contribution >= 0.6 is 0 Å². The van der Waals surface area contributed by atoms with E-state index in [2.05, 4.69) is 44.0 Å². The van der Waals surface area contributed by atoms with Crippen molar-refractivity contribution < 1.29 is 19.1 Å². The Morgan fingerprint density at radius 3 is 2.44 bits per heavy atom. The van der Waals surface area contributed by atoms with E-state index in [9.17, 15) is 14.4 Å². The normalized spacial score (nSPS) is 20.9. The van der Waals surface area contributed by atoms with Gasteiger partial charge in [0, 0.05) is 17.8 Å². The number of nitrogens with zero attached hydrogens (tertiary/aromatic N) is 2. The Kier molecular flexibility index (Phi) is 6.21. The van der Waals surface area contributed by atoms with Crippen LogP contribution in [0.2, 0.25) is 0 Å². The highest BCUT2D eigenvalue weighted by Crippen LogP contribution is 2.43. The molecule has 1 fully saturated rings. The number of amides is 4. The van der Waals surface area contributed by atoms with Crippen molar-refractivity contribution in [1.82, 2.24) is 5.32 Å². The summed E-state index contributed by atoms with van der Waals surface area (Å²) in [6.07, 6.45) is 2.57. The molecule has 0 aromatic heterocycles. The molecule has 7 heteroatoms. The predicted octanol–water partition coefficient (Wildman–Crippen LogP) is 4.86.